The van der Waals surface area contributed by atoms with Crippen molar-refractivity contribution in [3.8, 4) is 0 Å². The van der Waals surface area contributed by atoms with Crippen LogP contribution in [0.5, 0.6) is 0 Å². The first-order valence-electron chi connectivity index (χ1n) is 12.0. The zero-order chi connectivity index (χ0) is 26.1. The molecular formula is C28H30N4O4. The van der Waals surface area contributed by atoms with Crippen molar-refractivity contribution in [3.05, 3.63) is 86.3 Å². The van der Waals surface area contributed by atoms with E-state index in [0.29, 0.717) is 23.4 Å². The fraction of sp³-hybridized carbons (Fsp3) is 0.321. The molecule has 8 heteroatoms. The number of esters is 1. The highest BCUT2D eigenvalue weighted by Gasteiger charge is 2.21. The summed E-state index contributed by atoms with van der Waals surface area (Å²) >= 11 is 0. The Hall–Kier alpha value is -4.07. The van der Waals surface area contributed by atoms with Gasteiger partial charge in [-0.3, -0.25) is 14.0 Å². The normalized spacial score (nSPS) is 12.0. The second-order valence-corrected chi connectivity index (χ2v) is 9.36. The molecule has 0 aliphatic rings. The van der Waals surface area contributed by atoms with E-state index in [-0.39, 0.29) is 34.5 Å². The van der Waals surface area contributed by atoms with E-state index in [9.17, 15) is 14.4 Å². The molecular weight excluding hydrogens is 456 g/mol. The Morgan fingerprint density at radius 3 is 2.44 bits per heavy atom. The molecule has 0 unspecified atom stereocenters. The Balaban J connectivity index is 2.15. The van der Waals surface area contributed by atoms with Gasteiger partial charge in [0.1, 0.15) is 16.9 Å². The number of carbonyl (C=O) groups is 2. The Bertz CT molecular complexity index is 1640. The molecule has 186 valence electrons. The summed E-state index contributed by atoms with van der Waals surface area (Å²) in [6.45, 7) is 12.0. The van der Waals surface area contributed by atoms with Gasteiger partial charge in [0.25, 0.3) is 11.5 Å². The molecule has 0 fully saturated rings. The number of benzene rings is 1. The van der Waals surface area contributed by atoms with E-state index in [1.54, 1.807) is 35.9 Å². The summed E-state index contributed by atoms with van der Waals surface area (Å²) in [6, 6.07) is 10.5. The van der Waals surface area contributed by atoms with Gasteiger partial charge in [0.15, 0.2) is 5.49 Å². The summed E-state index contributed by atoms with van der Waals surface area (Å²) in [5.74, 6) is -1.04. The fourth-order valence-corrected chi connectivity index (χ4v) is 4.14. The SMILES string of the molecule is CCOC(=O)c1cc2c(=O)n3cccc(C)c3nc2n(CC(C)C)c1=NC(=O)c1ccc(C)c(C)c1. The van der Waals surface area contributed by atoms with Gasteiger partial charge in [-0.2, -0.15) is 4.99 Å². The smallest absolute Gasteiger partial charge is 0.341 e. The number of rotatable bonds is 5. The summed E-state index contributed by atoms with van der Waals surface area (Å²) in [4.78, 5) is 49.1. The van der Waals surface area contributed by atoms with Crippen LogP contribution in [0.4, 0.5) is 0 Å². The molecule has 4 rings (SSSR count). The summed E-state index contributed by atoms with van der Waals surface area (Å²) in [6.07, 6.45) is 1.65. The van der Waals surface area contributed by atoms with Gasteiger partial charge in [0.05, 0.1) is 12.0 Å². The van der Waals surface area contributed by atoms with Crippen LogP contribution < -0.4 is 11.0 Å². The van der Waals surface area contributed by atoms with Crippen molar-refractivity contribution in [2.45, 2.75) is 48.1 Å². The molecule has 0 bridgehead atoms. The van der Waals surface area contributed by atoms with Crippen molar-refractivity contribution in [2.75, 3.05) is 6.61 Å². The zero-order valence-corrected chi connectivity index (χ0v) is 21.5. The van der Waals surface area contributed by atoms with Crippen molar-refractivity contribution in [1.29, 1.82) is 0 Å². The molecule has 0 radical (unpaired) electrons. The molecule has 0 N–H and O–H groups in total. The summed E-state index contributed by atoms with van der Waals surface area (Å²) in [7, 11) is 0. The van der Waals surface area contributed by atoms with Crippen molar-refractivity contribution in [2.24, 2.45) is 10.9 Å². The van der Waals surface area contributed by atoms with Crippen LogP contribution in [0.25, 0.3) is 16.7 Å². The van der Waals surface area contributed by atoms with Gasteiger partial charge in [0.2, 0.25) is 0 Å². The minimum atomic E-state index is -0.655. The van der Waals surface area contributed by atoms with Gasteiger partial charge in [0, 0.05) is 18.3 Å². The highest BCUT2D eigenvalue weighted by molar-refractivity contribution is 5.97. The van der Waals surface area contributed by atoms with Gasteiger partial charge in [-0.05, 0) is 74.6 Å². The summed E-state index contributed by atoms with van der Waals surface area (Å²) < 4.78 is 8.45. The first-order chi connectivity index (χ1) is 17.1. The van der Waals surface area contributed by atoms with Crippen LogP contribution in [0, 0.1) is 26.7 Å². The number of nitrogens with zero attached hydrogens (tertiary/aromatic N) is 4. The monoisotopic (exact) mass is 486 g/mol. The van der Waals surface area contributed by atoms with Crippen LogP contribution in [-0.4, -0.2) is 32.4 Å². The number of ether oxygens (including phenoxy) is 1. The van der Waals surface area contributed by atoms with E-state index in [0.717, 1.165) is 16.7 Å². The third-order valence-electron chi connectivity index (χ3n) is 6.11. The van der Waals surface area contributed by atoms with Crippen molar-refractivity contribution in [1.82, 2.24) is 14.0 Å². The molecule has 0 saturated heterocycles. The maximum absolute atomic E-state index is 13.5. The molecule has 4 aromatic rings. The predicted molar refractivity (Wildman–Crippen MR) is 138 cm³/mol. The lowest BCUT2D eigenvalue weighted by molar-refractivity contribution is 0.0523. The third-order valence-corrected chi connectivity index (χ3v) is 6.11. The lowest BCUT2D eigenvalue weighted by atomic mass is 10.1. The molecule has 36 heavy (non-hydrogen) atoms. The quantitative estimate of drug-likeness (QED) is 0.312. The van der Waals surface area contributed by atoms with Gasteiger partial charge >= 0.3 is 5.97 Å². The van der Waals surface area contributed by atoms with Gasteiger partial charge < -0.3 is 9.30 Å². The van der Waals surface area contributed by atoms with E-state index in [1.165, 1.54) is 10.5 Å². The molecule has 8 nitrogen and oxygen atoms in total. The average molecular weight is 487 g/mol. The first kappa shape index (κ1) is 25.0. The highest BCUT2D eigenvalue weighted by Crippen LogP contribution is 2.16. The maximum Gasteiger partial charge on any atom is 0.341 e. The molecule has 0 saturated carbocycles. The first-order valence-corrected chi connectivity index (χ1v) is 12.0. The third kappa shape index (κ3) is 4.58. The van der Waals surface area contributed by atoms with Crippen LogP contribution in [0.3, 0.4) is 0 Å². The minimum Gasteiger partial charge on any atom is -0.462 e. The van der Waals surface area contributed by atoms with E-state index >= 15 is 0 Å². The molecule has 0 aliphatic heterocycles. The van der Waals surface area contributed by atoms with Crippen LogP contribution in [0.2, 0.25) is 0 Å². The Kier molecular flexibility index (Phi) is 6.88. The number of pyridine rings is 2. The molecule has 1 amide bonds. The molecule has 0 aliphatic carbocycles. The molecule has 0 spiro atoms. The van der Waals surface area contributed by atoms with E-state index in [2.05, 4.69) is 4.99 Å². The Labute approximate surface area is 208 Å². The van der Waals surface area contributed by atoms with E-state index < -0.39 is 11.9 Å². The number of aromatic nitrogens is 3. The zero-order valence-electron chi connectivity index (χ0n) is 21.5. The van der Waals surface area contributed by atoms with Gasteiger partial charge in [-0.15, -0.1) is 0 Å². The number of aryl methyl sites for hydroxylation is 3. The van der Waals surface area contributed by atoms with Gasteiger partial charge in [-0.1, -0.05) is 26.0 Å². The second-order valence-electron chi connectivity index (χ2n) is 9.36. The standard InChI is InChI=1S/C28H30N4O4/c1-7-36-28(35)22-14-21-24(29-23-18(5)9-8-12-31(23)27(21)34)32(15-16(2)3)25(22)30-26(33)20-11-10-17(4)19(6)13-20/h8-14,16H,7,15H2,1-6H3. The maximum atomic E-state index is 13.5. The average Bonchev–Trinajstić information content (AvgIpc) is 2.83. The number of amides is 1. The summed E-state index contributed by atoms with van der Waals surface area (Å²) in [5, 5.41) is 0.249. The molecule has 3 aromatic heterocycles. The Morgan fingerprint density at radius 1 is 1.03 bits per heavy atom. The molecule has 1 aromatic carbocycles. The number of carbonyl (C=O) groups excluding carboxylic acids is 2. The van der Waals surface area contributed by atoms with Crippen LogP contribution >= 0.6 is 0 Å². The largest absolute Gasteiger partial charge is 0.462 e. The van der Waals surface area contributed by atoms with Crippen LogP contribution in [0.15, 0.2) is 52.4 Å². The Morgan fingerprint density at radius 2 is 1.78 bits per heavy atom. The van der Waals surface area contributed by atoms with Crippen LogP contribution in [0.1, 0.15) is 58.2 Å². The van der Waals surface area contributed by atoms with E-state index in [4.69, 9.17) is 9.72 Å². The summed E-state index contributed by atoms with van der Waals surface area (Å²) in [5.41, 5.74) is 3.99. The molecule has 3 heterocycles. The van der Waals surface area contributed by atoms with Crippen LogP contribution in [-0.2, 0) is 11.3 Å². The van der Waals surface area contributed by atoms with Crippen molar-refractivity contribution >= 4 is 28.6 Å². The number of fused-ring (bicyclic) bond motifs is 2. The van der Waals surface area contributed by atoms with Crippen molar-refractivity contribution in [3.63, 3.8) is 0 Å². The lowest BCUT2D eigenvalue weighted by Crippen LogP contribution is -2.34. The topological polar surface area (TPSA) is 95.0 Å². The number of hydrogen-bond acceptors (Lipinski definition) is 5. The lowest BCUT2D eigenvalue weighted by Gasteiger charge is -2.17. The molecule has 0 atom stereocenters. The second kappa shape index (κ2) is 9.89. The van der Waals surface area contributed by atoms with Gasteiger partial charge in [-0.25, -0.2) is 9.78 Å². The van der Waals surface area contributed by atoms with Crippen molar-refractivity contribution < 1.29 is 14.3 Å². The number of hydrogen-bond donors (Lipinski definition) is 0. The minimum absolute atomic E-state index is 0.0497. The fourth-order valence-electron chi connectivity index (χ4n) is 4.14. The van der Waals surface area contributed by atoms with E-state index in [1.807, 2.05) is 46.8 Å². The highest BCUT2D eigenvalue weighted by atomic mass is 16.5. The predicted octanol–water partition coefficient (Wildman–Crippen LogP) is 4.15.